The first kappa shape index (κ1) is 15.9. The Morgan fingerprint density at radius 3 is 2.84 bits per heavy atom. The molecule has 0 unspecified atom stereocenters. The maximum Gasteiger partial charge on any atom is 0.257 e. The second kappa shape index (κ2) is 6.37. The summed E-state index contributed by atoms with van der Waals surface area (Å²) in [7, 11) is 0. The molecular weight excluding hydrogens is 316 g/mol. The number of fused-ring (bicyclic) bond motifs is 1. The van der Waals surface area contributed by atoms with Crippen LogP contribution in [0.4, 0.5) is 5.69 Å². The third-order valence-corrected chi connectivity index (χ3v) is 5.11. The van der Waals surface area contributed by atoms with E-state index >= 15 is 0 Å². The maximum atomic E-state index is 12.7. The summed E-state index contributed by atoms with van der Waals surface area (Å²) in [5.74, 6) is 0.895. The Morgan fingerprint density at radius 2 is 2.04 bits per heavy atom. The number of pyridine rings is 1. The number of carbonyl (C=O) groups excluding carboxylic acids is 1. The van der Waals surface area contributed by atoms with Gasteiger partial charge in [0, 0.05) is 62.7 Å². The van der Waals surface area contributed by atoms with E-state index in [-0.39, 0.29) is 11.5 Å². The fraction of sp³-hybridized carbons (Fsp3) is 0.368. The first-order valence-electron chi connectivity index (χ1n) is 8.63. The number of nitrogen functional groups attached to an aromatic ring is 1. The zero-order chi connectivity index (χ0) is 17.3. The first-order valence-corrected chi connectivity index (χ1v) is 8.63. The second-order valence-electron chi connectivity index (χ2n) is 6.75. The molecule has 0 bridgehead atoms. The Kier molecular flexibility index (Phi) is 4.05. The molecule has 1 aromatic carbocycles. The molecule has 2 aliphatic heterocycles. The maximum absolute atomic E-state index is 12.7. The molecule has 1 saturated heterocycles. The van der Waals surface area contributed by atoms with Gasteiger partial charge in [-0.2, -0.15) is 0 Å². The van der Waals surface area contributed by atoms with Gasteiger partial charge in [-0.1, -0.05) is 18.2 Å². The number of likely N-dealkylation sites (tertiary alicyclic amines) is 1. The molecule has 3 N–H and O–H groups in total. The molecule has 1 amide bonds. The van der Waals surface area contributed by atoms with E-state index in [1.54, 1.807) is 18.5 Å². The van der Waals surface area contributed by atoms with E-state index in [0.29, 0.717) is 24.3 Å². The number of piperidine rings is 1. The van der Waals surface area contributed by atoms with Gasteiger partial charge in [0.25, 0.3) is 5.91 Å². The van der Waals surface area contributed by atoms with Crippen molar-refractivity contribution in [1.82, 2.24) is 15.2 Å². The van der Waals surface area contributed by atoms with Crippen LogP contribution in [-0.2, 0) is 6.54 Å². The van der Waals surface area contributed by atoms with Crippen LogP contribution in [0.3, 0.4) is 0 Å². The number of nitrogens with two attached hydrogens (primary N) is 1. The second-order valence-corrected chi connectivity index (χ2v) is 6.75. The highest BCUT2D eigenvalue weighted by Crippen LogP contribution is 2.33. The van der Waals surface area contributed by atoms with Crippen molar-refractivity contribution >= 4 is 11.6 Å². The highest BCUT2D eigenvalue weighted by molar-refractivity contribution is 5.98. The molecule has 1 spiro atoms. The molecule has 130 valence electrons. The van der Waals surface area contributed by atoms with Crippen molar-refractivity contribution in [3.63, 3.8) is 0 Å². The number of ether oxygens (including phenoxy) is 1. The van der Waals surface area contributed by atoms with Crippen LogP contribution in [-0.4, -0.2) is 41.0 Å². The van der Waals surface area contributed by atoms with Crippen LogP contribution in [0.5, 0.6) is 5.75 Å². The molecule has 0 saturated carbocycles. The number of hydrogen-bond donors (Lipinski definition) is 2. The molecule has 3 heterocycles. The average Bonchev–Trinajstić information content (AvgIpc) is 2.81. The molecule has 1 fully saturated rings. The quantitative estimate of drug-likeness (QED) is 0.829. The van der Waals surface area contributed by atoms with Crippen molar-refractivity contribution in [3.8, 4) is 5.75 Å². The van der Waals surface area contributed by atoms with E-state index in [1.807, 2.05) is 23.1 Å². The highest BCUT2D eigenvalue weighted by Gasteiger charge is 2.39. The third-order valence-electron chi connectivity index (χ3n) is 5.11. The van der Waals surface area contributed by atoms with Crippen molar-refractivity contribution in [2.45, 2.75) is 25.0 Å². The van der Waals surface area contributed by atoms with Crippen molar-refractivity contribution < 1.29 is 9.53 Å². The number of para-hydroxylation sites is 1. The van der Waals surface area contributed by atoms with Gasteiger partial charge in [0.05, 0.1) is 5.56 Å². The fourth-order valence-corrected chi connectivity index (χ4v) is 3.59. The number of carbonyl (C=O) groups is 1. The Bertz CT molecular complexity index is 784. The van der Waals surface area contributed by atoms with E-state index in [4.69, 9.17) is 10.5 Å². The lowest BCUT2D eigenvalue weighted by atomic mass is 9.90. The zero-order valence-electron chi connectivity index (χ0n) is 14.1. The topological polar surface area (TPSA) is 80.5 Å². The average molecular weight is 338 g/mol. The summed E-state index contributed by atoms with van der Waals surface area (Å²) in [6, 6.07) is 9.81. The van der Waals surface area contributed by atoms with E-state index in [2.05, 4.69) is 16.4 Å². The number of hydrogen-bond acceptors (Lipinski definition) is 5. The van der Waals surface area contributed by atoms with E-state index in [0.717, 1.165) is 31.7 Å². The monoisotopic (exact) mass is 338 g/mol. The Morgan fingerprint density at radius 1 is 1.24 bits per heavy atom. The lowest BCUT2D eigenvalue weighted by molar-refractivity contribution is 0.00771. The molecule has 0 radical (unpaired) electrons. The summed E-state index contributed by atoms with van der Waals surface area (Å²) in [6.07, 6.45) is 4.72. The van der Waals surface area contributed by atoms with Gasteiger partial charge in [-0.25, -0.2) is 0 Å². The summed E-state index contributed by atoms with van der Waals surface area (Å²) in [6.45, 7) is 2.90. The predicted octanol–water partition coefficient (Wildman–Crippen LogP) is 1.82. The highest BCUT2D eigenvalue weighted by atomic mass is 16.5. The predicted molar refractivity (Wildman–Crippen MR) is 95.3 cm³/mol. The van der Waals surface area contributed by atoms with Gasteiger partial charge in [0.1, 0.15) is 11.4 Å². The number of nitrogens with one attached hydrogen (secondary N) is 1. The molecule has 25 heavy (non-hydrogen) atoms. The fourth-order valence-electron chi connectivity index (χ4n) is 3.59. The molecule has 1 aromatic heterocycles. The van der Waals surface area contributed by atoms with Crippen LogP contribution in [0.25, 0.3) is 0 Å². The third kappa shape index (κ3) is 3.05. The molecule has 2 aromatic rings. The van der Waals surface area contributed by atoms with Gasteiger partial charge in [0.2, 0.25) is 0 Å². The van der Waals surface area contributed by atoms with Crippen molar-refractivity contribution in [1.29, 1.82) is 0 Å². The summed E-state index contributed by atoms with van der Waals surface area (Å²) in [4.78, 5) is 18.6. The number of anilines is 1. The largest absolute Gasteiger partial charge is 0.485 e. The first-order chi connectivity index (χ1) is 12.2. The van der Waals surface area contributed by atoms with Crippen molar-refractivity contribution in [3.05, 3.63) is 53.9 Å². The molecule has 6 heteroatoms. The summed E-state index contributed by atoms with van der Waals surface area (Å²) in [5.41, 5.74) is 7.79. The van der Waals surface area contributed by atoms with Crippen LogP contribution >= 0.6 is 0 Å². The van der Waals surface area contributed by atoms with Crippen molar-refractivity contribution in [2.24, 2.45) is 0 Å². The van der Waals surface area contributed by atoms with Gasteiger partial charge in [-0.05, 0) is 12.1 Å². The number of aromatic nitrogens is 1. The van der Waals surface area contributed by atoms with Crippen molar-refractivity contribution in [2.75, 3.05) is 25.4 Å². The van der Waals surface area contributed by atoms with Crippen LogP contribution < -0.4 is 15.8 Å². The minimum Gasteiger partial charge on any atom is -0.485 e. The molecule has 2 aliphatic rings. The number of benzene rings is 1. The standard InChI is InChI=1S/C19H22N4O2/c20-16-5-8-21-12-15(16)18(24)23-9-6-19(7-10-23)13-22-11-14-3-1-2-4-17(14)25-19/h1-5,8,12,22H,6-7,9-11,13H2,(H2,20,21). The number of amides is 1. The Balaban J connectivity index is 1.48. The van der Waals surface area contributed by atoms with Gasteiger partial charge in [-0.15, -0.1) is 0 Å². The van der Waals surface area contributed by atoms with Gasteiger partial charge in [0.15, 0.2) is 0 Å². The Hall–Kier alpha value is -2.60. The van der Waals surface area contributed by atoms with E-state index < -0.39 is 0 Å². The molecular formula is C19H22N4O2. The molecule has 0 aliphatic carbocycles. The zero-order valence-corrected chi connectivity index (χ0v) is 14.1. The molecule has 4 rings (SSSR count). The Labute approximate surface area is 147 Å². The molecule has 6 nitrogen and oxygen atoms in total. The minimum absolute atomic E-state index is 0.0533. The lowest BCUT2D eigenvalue weighted by Crippen LogP contribution is -2.53. The number of rotatable bonds is 1. The summed E-state index contributed by atoms with van der Waals surface area (Å²) >= 11 is 0. The van der Waals surface area contributed by atoms with Gasteiger partial charge >= 0.3 is 0 Å². The lowest BCUT2D eigenvalue weighted by Gasteiger charge is -2.41. The van der Waals surface area contributed by atoms with Crippen LogP contribution in [0.2, 0.25) is 0 Å². The smallest absolute Gasteiger partial charge is 0.257 e. The van der Waals surface area contributed by atoms with Gasteiger partial charge < -0.3 is 20.7 Å². The number of nitrogens with zero attached hydrogens (tertiary/aromatic N) is 2. The SMILES string of the molecule is Nc1ccncc1C(=O)N1CCC2(CC1)CNCc1ccccc1O2. The van der Waals surface area contributed by atoms with Crippen LogP contribution in [0.1, 0.15) is 28.8 Å². The van der Waals surface area contributed by atoms with Gasteiger partial charge in [-0.3, -0.25) is 9.78 Å². The normalized spacial score (nSPS) is 19.0. The molecule has 0 atom stereocenters. The van der Waals surface area contributed by atoms with E-state index in [9.17, 15) is 4.79 Å². The van der Waals surface area contributed by atoms with Crippen LogP contribution in [0, 0.1) is 0 Å². The summed E-state index contributed by atoms with van der Waals surface area (Å²) in [5, 5.41) is 3.49. The summed E-state index contributed by atoms with van der Waals surface area (Å²) < 4.78 is 6.41. The minimum atomic E-state index is -0.260. The van der Waals surface area contributed by atoms with E-state index in [1.165, 1.54) is 5.56 Å². The van der Waals surface area contributed by atoms with Crippen LogP contribution in [0.15, 0.2) is 42.7 Å².